The molecule has 0 spiro atoms. The SMILES string of the molecule is CCNC(=O)Cc1nc2c(s1)-c1c(c(-c3ccc(C)nc3)nn1C(C)C)CC2. The number of nitrogens with zero attached hydrogens (tertiary/aromatic N) is 4. The molecule has 28 heavy (non-hydrogen) atoms. The molecule has 0 fully saturated rings. The second-order valence-electron chi connectivity index (χ2n) is 7.42. The number of pyridine rings is 1. The summed E-state index contributed by atoms with van der Waals surface area (Å²) in [5.41, 5.74) is 6.58. The molecule has 0 aliphatic heterocycles. The van der Waals surface area contributed by atoms with E-state index >= 15 is 0 Å². The number of hydrogen-bond acceptors (Lipinski definition) is 5. The van der Waals surface area contributed by atoms with Crippen LogP contribution < -0.4 is 5.32 Å². The molecule has 7 heteroatoms. The van der Waals surface area contributed by atoms with Crippen LogP contribution in [-0.2, 0) is 24.1 Å². The quantitative estimate of drug-likeness (QED) is 0.714. The fourth-order valence-corrected chi connectivity index (χ4v) is 4.80. The number of hydrogen-bond donors (Lipinski definition) is 1. The number of rotatable bonds is 5. The molecule has 3 heterocycles. The fourth-order valence-electron chi connectivity index (χ4n) is 3.63. The van der Waals surface area contributed by atoms with Crippen molar-refractivity contribution in [1.29, 1.82) is 0 Å². The van der Waals surface area contributed by atoms with Crippen LogP contribution in [0.3, 0.4) is 0 Å². The van der Waals surface area contributed by atoms with Crippen LogP contribution in [0.5, 0.6) is 0 Å². The first kappa shape index (κ1) is 18.8. The van der Waals surface area contributed by atoms with Gasteiger partial charge < -0.3 is 5.32 Å². The van der Waals surface area contributed by atoms with Crippen molar-refractivity contribution in [3.8, 4) is 21.8 Å². The number of carbonyl (C=O) groups is 1. The van der Waals surface area contributed by atoms with E-state index in [-0.39, 0.29) is 11.9 Å². The average molecular weight is 396 g/mol. The molecule has 0 unspecified atom stereocenters. The van der Waals surface area contributed by atoms with E-state index in [2.05, 4.69) is 34.9 Å². The molecule has 0 bridgehead atoms. The second kappa shape index (κ2) is 7.47. The number of amides is 1. The van der Waals surface area contributed by atoms with Gasteiger partial charge in [-0.3, -0.25) is 14.5 Å². The van der Waals surface area contributed by atoms with Crippen molar-refractivity contribution in [3.63, 3.8) is 0 Å². The zero-order valence-electron chi connectivity index (χ0n) is 16.7. The van der Waals surface area contributed by atoms with E-state index in [4.69, 9.17) is 10.1 Å². The zero-order valence-corrected chi connectivity index (χ0v) is 17.6. The van der Waals surface area contributed by atoms with Crippen LogP contribution in [-0.4, -0.2) is 32.2 Å². The van der Waals surface area contributed by atoms with Gasteiger partial charge in [-0.2, -0.15) is 5.10 Å². The monoisotopic (exact) mass is 395 g/mol. The summed E-state index contributed by atoms with van der Waals surface area (Å²) in [6, 6.07) is 4.36. The van der Waals surface area contributed by atoms with Gasteiger partial charge in [-0.1, -0.05) is 0 Å². The molecule has 1 N–H and O–H groups in total. The molecule has 0 saturated carbocycles. The standard InChI is InChI=1S/C21H25N5OS/c1-5-22-17(27)10-18-24-16-9-8-15-19(14-7-6-13(4)23-11-14)25-26(12(2)3)20(15)21(16)28-18/h6-7,11-12H,5,8-10H2,1-4H3,(H,22,27). The topological polar surface area (TPSA) is 72.7 Å². The Kier molecular flexibility index (Phi) is 5.02. The molecule has 3 aromatic heterocycles. The van der Waals surface area contributed by atoms with Crippen LogP contribution in [0, 0.1) is 6.92 Å². The van der Waals surface area contributed by atoms with Gasteiger partial charge in [0.2, 0.25) is 5.91 Å². The highest BCUT2D eigenvalue weighted by molar-refractivity contribution is 7.15. The van der Waals surface area contributed by atoms with E-state index in [1.807, 2.05) is 26.1 Å². The van der Waals surface area contributed by atoms with E-state index in [9.17, 15) is 4.79 Å². The predicted octanol–water partition coefficient (Wildman–Crippen LogP) is 3.74. The second-order valence-corrected chi connectivity index (χ2v) is 8.50. The molecule has 0 aromatic carbocycles. The minimum absolute atomic E-state index is 0.0256. The molecule has 4 rings (SSSR count). The van der Waals surface area contributed by atoms with Crippen molar-refractivity contribution in [1.82, 2.24) is 25.1 Å². The summed E-state index contributed by atoms with van der Waals surface area (Å²) in [6.45, 7) is 8.86. The van der Waals surface area contributed by atoms with E-state index in [0.29, 0.717) is 13.0 Å². The lowest BCUT2D eigenvalue weighted by atomic mass is 9.95. The highest BCUT2D eigenvalue weighted by Crippen LogP contribution is 2.42. The van der Waals surface area contributed by atoms with Gasteiger partial charge in [0.25, 0.3) is 0 Å². The summed E-state index contributed by atoms with van der Waals surface area (Å²) in [5, 5.41) is 8.70. The summed E-state index contributed by atoms with van der Waals surface area (Å²) in [5.74, 6) is 0.0256. The molecule has 0 radical (unpaired) electrons. The zero-order chi connectivity index (χ0) is 19.8. The summed E-state index contributed by atoms with van der Waals surface area (Å²) in [4.78, 5) is 22.4. The molecule has 1 amide bonds. The highest BCUT2D eigenvalue weighted by atomic mass is 32.1. The number of carbonyl (C=O) groups excluding carboxylic acids is 1. The molecular formula is C21H25N5OS. The molecular weight excluding hydrogens is 370 g/mol. The van der Waals surface area contributed by atoms with E-state index in [0.717, 1.165) is 51.1 Å². The molecule has 6 nitrogen and oxygen atoms in total. The van der Waals surface area contributed by atoms with Crippen molar-refractivity contribution >= 4 is 17.2 Å². The van der Waals surface area contributed by atoms with Gasteiger partial charge in [-0.25, -0.2) is 4.98 Å². The number of aromatic nitrogens is 4. The fraction of sp³-hybridized carbons (Fsp3) is 0.429. The van der Waals surface area contributed by atoms with Crippen LogP contribution >= 0.6 is 11.3 Å². The minimum atomic E-state index is 0.0256. The third-order valence-electron chi connectivity index (χ3n) is 4.94. The first-order valence-corrected chi connectivity index (χ1v) is 10.6. The van der Waals surface area contributed by atoms with Gasteiger partial charge in [-0.05, 0) is 52.7 Å². The maximum absolute atomic E-state index is 12.0. The first-order valence-electron chi connectivity index (χ1n) is 9.78. The lowest BCUT2D eigenvalue weighted by Gasteiger charge is -2.16. The van der Waals surface area contributed by atoms with Crippen molar-refractivity contribution in [2.24, 2.45) is 0 Å². The Morgan fingerprint density at radius 1 is 1.32 bits per heavy atom. The molecule has 3 aromatic rings. The highest BCUT2D eigenvalue weighted by Gasteiger charge is 2.30. The van der Waals surface area contributed by atoms with Gasteiger partial charge in [0.15, 0.2) is 0 Å². The van der Waals surface area contributed by atoms with E-state index < -0.39 is 0 Å². The van der Waals surface area contributed by atoms with Crippen LogP contribution in [0.4, 0.5) is 0 Å². The largest absolute Gasteiger partial charge is 0.356 e. The Labute approximate surface area is 169 Å². The third kappa shape index (κ3) is 3.35. The molecule has 1 aliphatic carbocycles. The number of thiazole rings is 1. The predicted molar refractivity (Wildman–Crippen MR) is 111 cm³/mol. The number of fused-ring (bicyclic) bond motifs is 3. The van der Waals surface area contributed by atoms with Crippen molar-refractivity contribution < 1.29 is 4.79 Å². The molecule has 146 valence electrons. The first-order chi connectivity index (χ1) is 13.5. The van der Waals surface area contributed by atoms with E-state index in [1.54, 1.807) is 11.3 Å². The Hall–Kier alpha value is -2.54. The Morgan fingerprint density at radius 3 is 2.82 bits per heavy atom. The van der Waals surface area contributed by atoms with Crippen LogP contribution in [0.1, 0.15) is 48.8 Å². The van der Waals surface area contributed by atoms with Crippen molar-refractivity contribution in [3.05, 3.63) is 40.3 Å². The third-order valence-corrected chi connectivity index (χ3v) is 6.04. The molecule has 0 atom stereocenters. The van der Waals surface area contributed by atoms with Crippen molar-refractivity contribution in [2.45, 2.75) is 53.0 Å². The minimum Gasteiger partial charge on any atom is -0.356 e. The maximum atomic E-state index is 12.0. The Morgan fingerprint density at radius 2 is 2.14 bits per heavy atom. The van der Waals surface area contributed by atoms with Gasteiger partial charge in [0.05, 0.1) is 28.4 Å². The smallest absolute Gasteiger partial charge is 0.226 e. The van der Waals surface area contributed by atoms with Gasteiger partial charge in [0.1, 0.15) is 5.01 Å². The van der Waals surface area contributed by atoms with Crippen LogP contribution in [0.15, 0.2) is 18.3 Å². The summed E-state index contributed by atoms with van der Waals surface area (Å²) in [7, 11) is 0. The Bertz CT molecular complexity index is 1020. The number of likely N-dealkylation sites (N-methyl/N-ethyl adjacent to an activating group) is 1. The van der Waals surface area contributed by atoms with Crippen molar-refractivity contribution in [2.75, 3.05) is 6.54 Å². The van der Waals surface area contributed by atoms with Gasteiger partial charge in [-0.15, -0.1) is 11.3 Å². The van der Waals surface area contributed by atoms with Gasteiger partial charge in [0, 0.05) is 35.6 Å². The lowest BCUT2D eigenvalue weighted by molar-refractivity contribution is -0.120. The summed E-state index contributed by atoms with van der Waals surface area (Å²) < 4.78 is 2.11. The summed E-state index contributed by atoms with van der Waals surface area (Å²) in [6.07, 6.45) is 4.03. The number of aryl methyl sites for hydroxylation is 2. The van der Waals surface area contributed by atoms with Crippen LogP contribution in [0.2, 0.25) is 0 Å². The Balaban J connectivity index is 1.79. The van der Waals surface area contributed by atoms with Crippen LogP contribution in [0.25, 0.3) is 21.8 Å². The summed E-state index contributed by atoms with van der Waals surface area (Å²) >= 11 is 1.63. The molecule has 0 saturated heterocycles. The van der Waals surface area contributed by atoms with E-state index in [1.165, 1.54) is 5.56 Å². The lowest BCUT2D eigenvalue weighted by Crippen LogP contribution is -2.24. The molecule has 1 aliphatic rings. The normalized spacial score (nSPS) is 12.8. The average Bonchev–Trinajstić information content (AvgIpc) is 3.23. The number of nitrogens with one attached hydrogen (secondary N) is 1. The van der Waals surface area contributed by atoms with Gasteiger partial charge >= 0.3 is 0 Å². The maximum Gasteiger partial charge on any atom is 0.226 e.